The van der Waals surface area contributed by atoms with E-state index in [9.17, 15) is 0 Å². The molecule has 118 valence electrons. The Morgan fingerprint density at radius 2 is 1.81 bits per heavy atom. The third-order valence-electron chi connectivity index (χ3n) is 4.91. The van der Waals surface area contributed by atoms with Crippen molar-refractivity contribution in [2.45, 2.75) is 58.5 Å². The molecule has 0 radical (unpaired) electrons. The molecule has 1 saturated carbocycles. The lowest BCUT2D eigenvalue weighted by molar-refractivity contribution is 0.0403. The highest BCUT2D eigenvalue weighted by Crippen LogP contribution is 2.27. The Balaban J connectivity index is 1.53. The fourth-order valence-electron chi connectivity index (χ4n) is 3.27. The van der Waals surface area contributed by atoms with Crippen LogP contribution in [0.3, 0.4) is 0 Å². The molecule has 2 fully saturated rings. The molecule has 1 aromatic heterocycles. The van der Waals surface area contributed by atoms with Gasteiger partial charge in [-0.2, -0.15) is 0 Å². The van der Waals surface area contributed by atoms with E-state index in [0.29, 0.717) is 5.92 Å². The van der Waals surface area contributed by atoms with E-state index in [2.05, 4.69) is 40.8 Å². The molecule has 2 heterocycles. The van der Waals surface area contributed by atoms with Crippen LogP contribution in [0.25, 0.3) is 0 Å². The molecule has 1 aromatic rings. The van der Waals surface area contributed by atoms with Crippen LogP contribution in [0.4, 0.5) is 0 Å². The van der Waals surface area contributed by atoms with E-state index in [4.69, 9.17) is 4.42 Å². The lowest BCUT2D eigenvalue weighted by Crippen LogP contribution is -2.52. The van der Waals surface area contributed by atoms with Crippen LogP contribution < -0.4 is 0 Å². The van der Waals surface area contributed by atoms with E-state index in [-0.39, 0.29) is 6.04 Å². The summed E-state index contributed by atoms with van der Waals surface area (Å²) in [6.45, 7) is 11.1. The van der Waals surface area contributed by atoms with Gasteiger partial charge in [-0.15, -0.1) is 10.2 Å². The SMILES string of the molecule is CC(C)Cc1nnc(C(C)N2CCN(C3CCC3)CC2)o1. The Bertz CT molecular complexity index is 447. The average molecular weight is 292 g/mol. The maximum atomic E-state index is 5.84. The van der Waals surface area contributed by atoms with E-state index in [1.54, 1.807) is 0 Å². The molecule has 1 saturated heterocycles. The molecule has 0 N–H and O–H groups in total. The van der Waals surface area contributed by atoms with Crippen molar-refractivity contribution in [2.24, 2.45) is 5.92 Å². The van der Waals surface area contributed by atoms with Gasteiger partial charge in [-0.1, -0.05) is 20.3 Å². The van der Waals surface area contributed by atoms with Crippen molar-refractivity contribution in [1.82, 2.24) is 20.0 Å². The molecule has 5 nitrogen and oxygen atoms in total. The highest BCUT2D eigenvalue weighted by molar-refractivity contribution is 4.92. The number of hydrogen-bond acceptors (Lipinski definition) is 5. The normalized spacial score (nSPS) is 23.4. The molecule has 0 bridgehead atoms. The number of rotatable bonds is 5. The van der Waals surface area contributed by atoms with Gasteiger partial charge in [-0.05, 0) is 25.7 Å². The summed E-state index contributed by atoms with van der Waals surface area (Å²) in [4.78, 5) is 5.13. The molecule has 1 atom stereocenters. The zero-order valence-corrected chi connectivity index (χ0v) is 13.6. The maximum Gasteiger partial charge on any atom is 0.233 e. The summed E-state index contributed by atoms with van der Waals surface area (Å²) >= 11 is 0. The van der Waals surface area contributed by atoms with Crippen molar-refractivity contribution in [3.63, 3.8) is 0 Å². The second-order valence-corrected chi connectivity index (χ2v) is 6.96. The minimum atomic E-state index is 0.238. The van der Waals surface area contributed by atoms with Crippen LogP contribution in [0.1, 0.15) is 57.9 Å². The maximum absolute atomic E-state index is 5.84. The van der Waals surface area contributed by atoms with Gasteiger partial charge in [0.05, 0.1) is 6.04 Å². The molecular weight excluding hydrogens is 264 g/mol. The second-order valence-electron chi connectivity index (χ2n) is 6.96. The quantitative estimate of drug-likeness (QED) is 0.834. The Morgan fingerprint density at radius 3 is 2.38 bits per heavy atom. The molecule has 2 aliphatic rings. The summed E-state index contributed by atoms with van der Waals surface area (Å²) in [6, 6.07) is 1.10. The highest BCUT2D eigenvalue weighted by atomic mass is 16.4. The summed E-state index contributed by atoms with van der Waals surface area (Å²) in [5, 5.41) is 8.44. The van der Waals surface area contributed by atoms with Crippen molar-refractivity contribution in [3.8, 4) is 0 Å². The fourth-order valence-corrected chi connectivity index (χ4v) is 3.27. The summed E-state index contributed by atoms with van der Waals surface area (Å²) in [5.74, 6) is 2.11. The number of nitrogens with zero attached hydrogens (tertiary/aromatic N) is 4. The van der Waals surface area contributed by atoms with Crippen molar-refractivity contribution >= 4 is 0 Å². The molecule has 0 amide bonds. The molecule has 0 aromatic carbocycles. The summed E-state index contributed by atoms with van der Waals surface area (Å²) in [6.07, 6.45) is 5.09. The van der Waals surface area contributed by atoms with Gasteiger partial charge in [-0.3, -0.25) is 9.80 Å². The Morgan fingerprint density at radius 1 is 1.10 bits per heavy atom. The van der Waals surface area contributed by atoms with E-state index in [1.165, 1.54) is 32.4 Å². The third-order valence-corrected chi connectivity index (χ3v) is 4.91. The van der Waals surface area contributed by atoms with Crippen molar-refractivity contribution in [2.75, 3.05) is 26.2 Å². The van der Waals surface area contributed by atoms with E-state index in [0.717, 1.165) is 37.3 Å². The predicted octanol–water partition coefficient (Wildman–Crippen LogP) is 2.50. The van der Waals surface area contributed by atoms with Gasteiger partial charge < -0.3 is 4.42 Å². The number of hydrogen-bond donors (Lipinski definition) is 0. The van der Waals surface area contributed by atoms with Crippen LogP contribution in [0.2, 0.25) is 0 Å². The zero-order valence-electron chi connectivity index (χ0n) is 13.6. The van der Waals surface area contributed by atoms with Crippen molar-refractivity contribution in [1.29, 1.82) is 0 Å². The van der Waals surface area contributed by atoms with Gasteiger partial charge in [0.2, 0.25) is 11.8 Å². The minimum absolute atomic E-state index is 0.238. The van der Waals surface area contributed by atoms with Crippen molar-refractivity contribution in [3.05, 3.63) is 11.8 Å². The molecule has 3 rings (SSSR count). The molecule has 5 heteroatoms. The average Bonchev–Trinajstić information content (AvgIpc) is 2.84. The van der Waals surface area contributed by atoms with Crippen LogP contribution in [0, 0.1) is 5.92 Å². The molecule has 1 aliphatic carbocycles. The lowest BCUT2D eigenvalue weighted by atomic mass is 9.91. The lowest BCUT2D eigenvalue weighted by Gasteiger charge is -2.43. The monoisotopic (exact) mass is 292 g/mol. The Labute approximate surface area is 127 Å². The first-order valence-corrected chi connectivity index (χ1v) is 8.44. The third kappa shape index (κ3) is 3.46. The first-order valence-electron chi connectivity index (χ1n) is 8.44. The van der Waals surface area contributed by atoms with Gasteiger partial charge in [0, 0.05) is 38.6 Å². The van der Waals surface area contributed by atoms with Crippen LogP contribution in [-0.2, 0) is 6.42 Å². The number of piperazine rings is 1. The standard InChI is InChI=1S/C16H28N4O/c1-12(2)11-15-17-18-16(21-15)13(3)19-7-9-20(10-8-19)14-5-4-6-14/h12-14H,4-11H2,1-3H3. The van der Waals surface area contributed by atoms with Gasteiger partial charge >= 0.3 is 0 Å². The van der Waals surface area contributed by atoms with Crippen molar-refractivity contribution < 1.29 is 4.42 Å². The van der Waals surface area contributed by atoms with Gasteiger partial charge in [0.15, 0.2) is 0 Å². The second kappa shape index (κ2) is 6.44. The first kappa shape index (κ1) is 15.0. The molecule has 21 heavy (non-hydrogen) atoms. The Hall–Kier alpha value is -0.940. The molecular formula is C16H28N4O. The highest BCUT2D eigenvalue weighted by Gasteiger charge is 2.30. The summed E-state index contributed by atoms with van der Waals surface area (Å²) in [7, 11) is 0. The van der Waals surface area contributed by atoms with E-state index >= 15 is 0 Å². The van der Waals surface area contributed by atoms with Gasteiger partial charge in [0.1, 0.15) is 0 Å². The largest absolute Gasteiger partial charge is 0.424 e. The van der Waals surface area contributed by atoms with Crippen LogP contribution in [0.15, 0.2) is 4.42 Å². The Kier molecular flexibility index (Phi) is 4.60. The van der Waals surface area contributed by atoms with Gasteiger partial charge in [0.25, 0.3) is 0 Å². The smallest absolute Gasteiger partial charge is 0.233 e. The minimum Gasteiger partial charge on any atom is -0.424 e. The molecule has 1 unspecified atom stereocenters. The predicted molar refractivity (Wildman–Crippen MR) is 82.0 cm³/mol. The topological polar surface area (TPSA) is 45.4 Å². The zero-order chi connectivity index (χ0) is 14.8. The van der Waals surface area contributed by atoms with Gasteiger partial charge in [-0.25, -0.2) is 0 Å². The number of aromatic nitrogens is 2. The fraction of sp³-hybridized carbons (Fsp3) is 0.875. The summed E-state index contributed by atoms with van der Waals surface area (Å²) < 4.78 is 5.84. The molecule has 1 aliphatic heterocycles. The first-order chi connectivity index (χ1) is 10.1. The van der Waals surface area contributed by atoms with E-state index in [1.807, 2.05) is 0 Å². The van der Waals surface area contributed by atoms with E-state index < -0.39 is 0 Å². The summed E-state index contributed by atoms with van der Waals surface area (Å²) in [5.41, 5.74) is 0. The van der Waals surface area contributed by atoms with Crippen LogP contribution in [0.5, 0.6) is 0 Å². The van der Waals surface area contributed by atoms with Crippen LogP contribution >= 0.6 is 0 Å². The van der Waals surface area contributed by atoms with Crippen LogP contribution in [-0.4, -0.2) is 52.2 Å². The molecule has 0 spiro atoms.